The van der Waals surface area contributed by atoms with Crippen LogP contribution in [0.3, 0.4) is 0 Å². The average molecular weight is 149 g/mol. The summed E-state index contributed by atoms with van der Waals surface area (Å²) in [6.07, 6.45) is -0.321. The molecular formula is C4H7NO3S. The maximum absolute atomic E-state index is 10.1. The molecule has 0 saturated heterocycles. The maximum atomic E-state index is 10.1. The third-order valence-corrected chi connectivity index (χ3v) is 1.13. The van der Waals surface area contributed by atoms with Crippen molar-refractivity contribution in [2.75, 3.05) is 0 Å². The molecule has 0 aromatic heterocycles. The van der Waals surface area contributed by atoms with Crippen molar-refractivity contribution in [2.24, 2.45) is 5.73 Å². The molecule has 0 bridgehead atoms. The van der Waals surface area contributed by atoms with Gasteiger partial charge in [-0.25, -0.2) is 0 Å². The topological polar surface area (TPSA) is 80.4 Å². The van der Waals surface area contributed by atoms with Gasteiger partial charge in [0.05, 0.1) is 11.7 Å². The van der Waals surface area contributed by atoms with E-state index >= 15 is 0 Å². The summed E-state index contributed by atoms with van der Waals surface area (Å²) in [4.78, 5) is 20.0. The summed E-state index contributed by atoms with van der Waals surface area (Å²) in [5.41, 5.74) is 4.71. The monoisotopic (exact) mass is 149 g/mol. The number of thiol groups is 1. The Morgan fingerprint density at radius 2 is 2.11 bits per heavy atom. The van der Waals surface area contributed by atoms with E-state index in [1.165, 1.54) is 0 Å². The normalized spacial score (nSPS) is 12.6. The smallest absolute Gasteiger partial charge is 0.304 e. The van der Waals surface area contributed by atoms with E-state index in [1.54, 1.807) is 0 Å². The molecule has 0 aromatic carbocycles. The summed E-state index contributed by atoms with van der Waals surface area (Å²) in [7, 11) is 0. The number of aliphatic carboxylic acids is 1. The first-order valence-corrected chi connectivity index (χ1v) is 2.75. The van der Waals surface area contributed by atoms with Gasteiger partial charge in [0.2, 0.25) is 5.91 Å². The lowest BCUT2D eigenvalue weighted by Gasteiger charge is -1.99. The van der Waals surface area contributed by atoms with Crippen LogP contribution in [0.1, 0.15) is 6.42 Å². The molecule has 0 aliphatic heterocycles. The highest BCUT2D eigenvalue weighted by molar-refractivity contribution is 7.81. The fourth-order valence-electron chi connectivity index (χ4n) is 0.266. The molecule has 0 rings (SSSR count). The van der Waals surface area contributed by atoms with E-state index in [-0.39, 0.29) is 6.42 Å². The van der Waals surface area contributed by atoms with Crippen LogP contribution in [0.5, 0.6) is 0 Å². The van der Waals surface area contributed by atoms with Crippen LogP contribution in [0.2, 0.25) is 0 Å². The molecule has 0 saturated carbocycles. The highest BCUT2D eigenvalue weighted by atomic mass is 32.1. The fourth-order valence-corrected chi connectivity index (χ4v) is 0.422. The van der Waals surface area contributed by atoms with Gasteiger partial charge < -0.3 is 10.8 Å². The lowest BCUT2D eigenvalue weighted by Crippen LogP contribution is -2.25. The standard InChI is InChI=1S/C4H7NO3S/c5-4(8)2(9)1-3(6)7/h2,9H,1H2,(H2,5,8)(H,6,7). The van der Waals surface area contributed by atoms with Crippen molar-refractivity contribution in [1.29, 1.82) is 0 Å². The molecule has 1 atom stereocenters. The van der Waals surface area contributed by atoms with Crippen molar-refractivity contribution in [1.82, 2.24) is 0 Å². The first-order valence-electron chi connectivity index (χ1n) is 2.23. The first kappa shape index (κ1) is 8.29. The molecule has 1 unspecified atom stereocenters. The Balaban J connectivity index is 3.63. The number of carboxylic acids is 1. The van der Waals surface area contributed by atoms with Crippen molar-refractivity contribution < 1.29 is 14.7 Å². The van der Waals surface area contributed by atoms with Crippen LogP contribution in [-0.2, 0) is 9.59 Å². The van der Waals surface area contributed by atoms with Crippen LogP contribution in [-0.4, -0.2) is 22.2 Å². The predicted molar refractivity (Wildman–Crippen MR) is 34.2 cm³/mol. The van der Waals surface area contributed by atoms with Crippen molar-refractivity contribution >= 4 is 24.5 Å². The van der Waals surface area contributed by atoms with Crippen LogP contribution < -0.4 is 5.73 Å². The van der Waals surface area contributed by atoms with Gasteiger partial charge in [-0.05, 0) is 0 Å². The first-order chi connectivity index (χ1) is 4.04. The van der Waals surface area contributed by atoms with E-state index in [0.29, 0.717) is 0 Å². The SMILES string of the molecule is NC(=O)C(S)CC(=O)O. The second-order valence-electron chi connectivity index (χ2n) is 1.52. The predicted octanol–water partition coefficient (Wildman–Crippen LogP) is -0.755. The van der Waals surface area contributed by atoms with E-state index in [4.69, 9.17) is 10.8 Å². The minimum atomic E-state index is -1.08. The number of rotatable bonds is 3. The summed E-state index contributed by atoms with van der Waals surface area (Å²) in [5, 5.41) is 7.20. The molecule has 52 valence electrons. The Labute approximate surface area is 57.4 Å². The van der Waals surface area contributed by atoms with Crippen LogP contribution in [0.25, 0.3) is 0 Å². The quantitative estimate of drug-likeness (QED) is 0.461. The van der Waals surface area contributed by atoms with Gasteiger partial charge in [-0.3, -0.25) is 9.59 Å². The van der Waals surface area contributed by atoms with Gasteiger partial charge in [-0.2, -0.15) is 12.6 Å². The molecule has 0 heterocycles. The Kier molecular flexibility index (Phi) is 3.08. The van der Waals surface area contributed by atoms with Gasteiger partial charge in [-0.15, -0.1) is 0 Å². The molecule has 4 nitrogen and oxygen atoms in total. The molecule has 0 radical (unpaired) electrons. The van der Waals surface area contributed by atoms with E-state index in [0.717, 1.165) is 0 Å². The largest absolute Gasteiger partial charge is 0.481 e. The van der Waals surface area contributed by atoms with Gasteiger partial charge in [0, 0.05) is 0 Å². The lowest BCUT2D eigenvalue weighted by molar-refractivity contribution is -0.138. The summed E-state index contributed by atoms with van der Waals surface area (Å²) >= 11 is 3.61. The zero-order valence-electron chi connectivity index (χ0n) is 4.57. The van der Waals surface area contributed by atoms with Crippen LogP contribution >= 0.6 is 12.6 Å². The zero-order valence-corrected chi connectivity index (χ0v) is 5.47. The molecule has 0 aliphatic rings. The number of carbonyl (C=O) groups is 2. The molecule has 9 heavy (non-hydrogen) atoms. The van der Waals surface area contributed by atoms with Gasteiger partial charge in [-0.1, -0.05) is 0 Å². The minimum Gasteiger partial charge on any atom is -0.481 e. The van der Waals surface area contributed by atoms with Gasteiger partial charge >= 0.3 is 5.97 Å². The number of carboxylic acid groups (broad SMARTS) is 1. The number of amides is 1. The molecule has 5 heteroatoms. The zero-order chi connectivity index (χ0) is 7.44. The molecule has 0 aliphatic carbocycles. The second kappa shape index (κ2) is 3.34. The van der Waals surface area contributed by atoms with E-state index < -0.39 is 17.1 Å². The van der Waals surface area contributed by atoms with Crippen molar-refractivity contribution in [3.63, 3.8) is 0 Å². The van der Waals surface area contributed by atoms with E-state index in [2.05, 4.69) is 12.6 Å². The molecule has 0 fully saturated rings. The average Bonchev–Trinajstić information content (AvgIpc) is 1.63. The van der Waals surface area contributed by atoms with Crippen molar-refractivity contribution in [3.05, 3.63) is 0 Å². The Morgan fingerprint density at radius 1 is 1.67 bits per heavy atom. The van der Waals surface area contributed by atoms with Gasteiger partial charge in [0.1, 0.15) is 0 Å². The summed E-state index contributed by atoms with van der Waals surface area (Å²) in [5.74, 6) is -1.78. The summed E-state index contributed by atoms with van der Waals surface area (Å²) in [6, 6.07) is 0. The van der Waals surface area contributed by atoms with Crippen LogP contribution in [0.15, 0.2) is 0 Å². The molecule has 0 aromatic rings. The highest BCUT2D eigenvalue weighted by Crippen LogP contribution is 1.98. The van der Waals surface area contributed by atoms with E-state index in [1.807, 2.05) is 0 Å². The van der Waals surface area contributed by atoms with Crippen molar-refractivity contribution in [3.8, 4) is 0 Å². The van der Waals surface area contributed by atoms with E-state index in [9.17, 15) is 9.59 Å². The minimum absolute atomic E-state index is 0.321. The second-order valence-corrected chi connectivity index (χ2v) is 2.14. The van der Waals surface area contributed by atoms with Crippen LogP contribution in [0, 0.1) is 0 Å². The van der Waals surface area contributed by atoms with Gasteiger partial charge in [0.25, 0.3) is 0 Å². The summed E-state index contributed by atoms with van der Waals surface area (Å²) in [6.45, 7) is 0. The molecule has 0 spiro atoms. The number of primary amides is 1. The fraction of sp³-hybridized carbons (Fsp3) is 0.500. The molecule has 1 amide bonds. The number of carbonyl (C=O) groups excluding carboxylic acids is 1. The lowest BCUT2D eigenvalue weighted by atomic mass is 10.3. The number of hydrogen-bond donors (Lipinski definition) is 3. The summed E-state index contributed by atoms with van der Waals surface area (Å²) < 4.78 is 0. The molecule has 3 N–H and O–H groups in total. The van der Waals surface area contributed by atoms with Crippen molar-refractivity contribution in [2.45, 2.75) is 11.7 Å². The number of nitrogens with two attached hydrogens (primary N) is 1. The third-order valence-electron chi connectivity index (χ3n) is 0.696. The van der Waals surface area contributed by atoms with Crippen LogP contribution in [0.4, 0.5) is 0 Å². The Bertz CT molecular complexity index is 136. The Morgan fingerprint density at radius 3 is 2.22 bits per heavy atom. The molecular weight excluding hydrogens is 142 g/mol. The highest BCUT2D eigenvalue weighted by Gasteiger charge is 2.12. The van der Waals surface area contributed by atoms with Gasteiger partial charge in [0.15, 0.2) is 0 Å². The Hall–Kier alpha value is -0.710. The maximum Gasteiger partial charge on any atom is 0.304 e. The third kappa shape index (κ3) is 3.84. The number of hydrogen-bond acceptors (Lipinski definition) is 3.